The van der Waals surface area contributed by atoms with Crippen molar-refractivity contribution in [1.29, 1.82) is 0 Å². The highest BCUT2D eigenvalue weighted by Crippen LogP contribution is 2.20. The van der Waals surface area contributed by atoms with E-state index in [0.717, 1.165) is 16.9 Å². The van der Waals surface area contributed by atoms with Crippen LogP contribution in [0.25, 0.3) is 11.3 Å². The molecule has 1 heterocycles. The second-order valence-electron chi connectivity index (χ2n) is 6.98. The zero-order valence-electron chi connectivity index (χ0n) is 15.9. The fourth-order valence-electron chi connectivity index (χ4n) is 2.56. The average Bonchev–Trinajstić information content (AvgIpc) is 2.67. The van der Waals surface area contributed by atoms with E-state index in [4.69, 9.17) is 0 Å². The summed E-state index contributed by atoms with van der Waals surface area (Å²) >= 11 is 0. The number of carbonyl (C=O) groups is 1. The summed E-state index contributed by atoms with van der Waals surface area (Å²) in [6, 6.07) is 19.3. The number of rotatable bonds is 6. The van der Waals surface area contributed by atoms with E-state index >= 15 is 0 Å². The zero-order chi connectivity index (χ0) is 19.2. The third-order valence-electron chi connectivity index (χ3n) is 4.08. The molecule has 2 aromatic carbocycles. The Morgan fingerprint density at radius 1 is 1.00 bits per heavy atom. The van der Waals surface area contributed by atoms with Crippen molar-refractivity contribution < 1.29 is 4.79 Å². The SMILES string of the molecule is Cc1ccc(-c2ccc(Nc3cccc(C(=O)NCC(C)C)c3)nn2)cc1. The molecule has 0 fully saturated rings. The molecule has 5 heteroatoms. The average molecular weight is 360 g/mol. The number of benzene rings is 2. The lowest BCUT2D eigenvalue weighted by Crippen LogP contribution is -2.27. The van der Waals surface area contributed by atoms with Gasteiger partial charge < -0.3 is 10.6 Å². The van der Waals surface area contributed by atoms with Crippen LogP contribution in [0.3, 0.4) is 0 Å². The lowest BCUT2D eigenvalue weighted by atomic mass is 10.1. The molecule has 5 nitrogen and oxygen atoms in total. The third kappa shape index (κ3) is 5.14. The Labute approximate surface area is 159 Å². The Kier molecular flexibility index (Phi) is 5.81. The van der Waals surface area contributed by atoms with Crippen molar-refractivity contribution in [3.8, 4) is 11.3 Å². The highest BCUT2D eigenvalue weighted by molar-refractivity contribution is 5.95. The molecule has 0 aliphatic carbocycles. The largest absolute Gasteiger partial charge is 0.352 e. The Balaban J connectivity index is 1.69. The van der Waals surface area contributed by atoms with Gasteiger partial charge in [-0.25, -0.2) is 0 Å². The van der Waals surface area contributed by atoms with Crippen LogP contribution in [0.4, 0.5) is 11.5 Å². The number of anilines is 2. The van der Waals surface area contributed by atoms with Crippen molar-refractivity contribution in [2.45, 2.75) is 20.8 Å². The third-order valence-corrected chi connectivity index (χ3v) is 4.08. The van der Waals surface area contributed by atoms with E-state index in [1.54, 1.807) is 6.07 Å². The van der Waals surface area contributed by atoms with E-state index in [0.29, 0.717) is 23.8 Å². The summed E-state index contributed by atoms with van der Waals surface area (Å²) in [6.45, 7) is 6.84. The number of hydrogen-bond acceptors (Lipinski definition) is 4. The highest BCUT2D eigenvalue weighted by atomic mass is 16.1. The summed E-state index contributed by atoms with van der Waals surface area (Å²) in [5.74, 6) is 0.969. The van der Waals surface area contributed by atoms with Crippen molar-refractivity contribution >= 4 is 17.4 Å². The minimum absolute atomic E-state index is 0.0758. The molecule has 0 spiro atoms. The number of carbonyl (C=O) groups excluding carboxylic acids is 1. The van der Waals surface area contributed by atoms with Crippen LogP contribution in [0, 0.1) is 12.8 Å². The summed E-state index contributed by atoms with van der Waals surface area (Å²) < 4.78 is 0. The molecule has 0 saturated heterocycles. The summed E-state index contributed by atoms with van der Waals surface area (Å²) in [6.07, 6.45) is 0. The van der Waals surface area contributed by atoms with E-state index in [-0.39, 0.29) is 5.91 Å². The van der Waals surface area contributed by atoms with E-state index in [1.165, 1.54) is 5.56 Å². The first kappa shape index (κ1) is 18.6. The van der Waals surface area contributed by atoms with Crippen LogP contribution < -0.4 is 10.6 Å². The molecular formula is C22H24N4O. The van der Waals surface area contributed by atoms with E-state index in [9.17, 15) is 4.79 Å². The second kappa shape index (κ2) is 8.45. The van der Waals surface area contributed by atoms with Gasteiger partial charge in [0.25, 0.3) is 5.91 Å². The van der Waals surface area contributed by atoms with Crippen molar-refractivity contribution in [3.63, 3.8) is 0 Å². The van der Waals surface area contributed by atoms with Crippen LogP contribution in [0.5, 0.6) is 0 Å². The van der Waals surface area contributed by atoms with Gasteiger partial charge >= 0.3 is 0 Å². The van der Waals surface area contributed by atoms with Gasteiger partial charge in [-0.15, -0.1) is 10.2 Å². The van der Waals surface area contributed by atoms with Crippen LogP contribution >= 0.6 is 0 Å². The van der Waals surface area contributed by atoms with Crippen LogP contribution in [0.1, 0.15) is 29.8 Å². The summed E-state index contributed by atoms with van der Waals surface area (Å²) in [5, 5.41) is 14.7. The number of nitrogens with one attached hydrogen (secondary N) is 2. The van der Waals surface area contributed by atoms with Gasteiger partial charge in [0, 0.05) is 23.4 Å². The number of aromatic nitrogens is 2. The number of amides is 1. The van der Waals surface area contributed by atoms with Gasteiger partial charge in [0.1, 0.15) is 0 Å². The maximum Gasteiger partial charge on any atom is 0.251 e. The van der Waals surface area contributed by atoms with Crippen molar-refractivity contribution in [2.24, 2.45) is 5.92 Å². The topological polar surface area (TPSA) is 66.9 Å². The molecule has 138 valence electrons. The first-order valence-electron chi connectivity index (χ1n) is 9.07. The van der Waals surface area contributed by atoms with Gasteiger partial charge in [-0.05, 0) is 43.2 Å². The molecule has 1 aromatic heterocycles. The molecule has 0 unspecified atom stereocenters. The van der Waals surface area contributed by atoms with Crippen molar-refractivity contribution in [2.75, 3.05) is 11.9 Å². The van der Waals surface area contributed by atoms with E-state index < -0.39 is 0 Å². The smallest absolute Gasteiger partial charge is 0.251 e. The molecule has 0 bridgehead atoms. The molecule has 1 amide bonds. The molecule has 27 heavy (non-hydrogen) atoms. The van der Waals surface area contributed by atoms with E-state index in [2.05, 4.69) is 53.7 Å². The van der Waals surface area contributed by atoms with Gasteiger partial charge in [-0.1, -0.05) is 49.7 Å². The van der Waals surface area contributed by atoms with Gasteiger partial charge in [0.2, 0.25) is 0 Å². The first-order chi connectivity index (χ1) is 13.0. The van der Waals surface area contributed by atoms with Crippen LogP contribution in [-0.4, -0.2) is 22.6 Å². The molecule has 3 aromatic rings. The molecule has 0 atom stereocenters. The molecule has 0 radical (unpaired) electrons. The molecule has 3 rings (SSSR count). The van der Waals surface area contributed by atoms with Crippen LogP contribution in [0.2, 0.25) is 0 Å². The number of nitrogens with zero attached hydrogens (tertiary/aromatic N) is 2. The van der Waals surface area contributed by atoms with Gasteiger partial charge in [0.15, 0.2) is 5.82 Å². The Bertz CT molecular complexity index is 902. The predicted octanol–water partition coefficient (Wildman–Crippen LogP) is 4.58. The lowest BCUT2D eigenvalue weighted by molar-refractivity contribution is 0.0949. The Hall–Kier alpha value is -3.21. The number of aryl methyl sites for hydroxylation is 1. The van der Waals surface area contributed by atoms with Crippen molar-refractivity contribution in [1.82, 2.24) is 15.5 Å². The minimum atomic E-state index is -0.0758. The maximum atomic E-state index is 12.2. The first-order valence-corrected chi connectivity index (χ1v) is 9.07. The van der Waals surface area contributed by atoms with Crippen molar-refractivity contribution in [3.05, 3.63) is 71.8 Å². The maximum absolute atomic E-state index is 12.2. The summed E-state index contributed by atoms with van der Waals surface area (Å²) in [7, 11) is 0. The summed E-state index contributed by atoms with van der Waals surface area (Å²) in [4.78, 5) is 12.2. The molecule has 2 N–H and O–H groups in total. The standard InChI is InChI=1S/C22H24N4O/c1-15(2)14-23-22(27)18-5-4-6-19(13-18)24-21-12-11-20(25-26-21)17-9-7-16(3)8-10-17/h4-13,15H,14H2,1-3H3,(H,23,27)(H,24,26). The van der Waals surface area contributed by atoms with Gasteiger partial charge in [0.05, 0.1) is 5.69 Å². The highest BCUT2D eigenvalue weighted by Gasteiger charge is 2.07. The lowest BCUT2D eigenvalue weighted by Gasteiger charge is -2.10. The summed E-state index contributed by atoms with van der Waals surface area (Å²) in [5.41, 5.74) is 4.47. The quantitative estimate of drug-likeness (QED) is 0.675. The molecule has 0 saturated carbocycles. The predicted molar refractivity (Wildman–Crippen MR) is 109 cm³/mol. The minimum Gasteiger partial charge on any atom is -0.352 e. The Morgan fingerprint density at radius 2 is 1.78 bits per heavy atom. The molecule has 0 aliphatic rings. The Morgan fingerprint density at radius 3 is 2.44 bits per heavy atom. The van der Waals surface area contributed by atoms with Crippen LogP contribution in [-0.2, 0) is 0 Å². The molecular weight excluding hydrogens is 336 g/mol. The normalized spacial score (nSPS) is 10.7. The fraction of sp³-hybridized carbons (Fsp3) is 0.227. The number of hydrogen-bond donors (Lipinski definition) is 2. The zero-order valence-corrected chi connectivity index (χ0v) is 15.9. The van der Waals surface area contributed by atoms with Gasteiger partial charge in [-0.2, -0.15) is 0 Å². The van der Waals surface area contributed by atoms with E-state index in [1.807, 2.05) is 42.5 Å². The molecule has 0 aliphatic heterocycles. The van der Waals surface area contributed by atoms with Gasteiger partial charge in [-0.3, -0.25) is 4.79 Å². The second-order valence-corrected chi connectivity index (χ2v) is 6.98. The monoisotopic (exact) mass is 360 g/mol. The fourth-order valence-corrected chi connectivity index (χ4v) is 2.56. The van der Waals surface area contributed by atoms with Crippen LogP contribution in [0.15, 0.2) is 60.7 Å².